The molecule has 0 unspecified atom stereocenters. The highest BCUT2D eigenvalue weighted by Crippen LogP contribution is 2.41. The minimum Gasteiger partial charge on any atom is -0.505 e. The molecule has 0 spiro atoms. The smallest absolute Gasteiger partial charge is 0.437 e. The van der Waals surface area contributed by atoms with Gasteiger partial charge in [0.1, 0.15) is 0 Å². The molecule has 0 saturated heterocycles. The Morgan fingerprint density at radius 2 is 1.87 bits per heavy atom. The van der Waals surface area contributed by atoms with Gasteiger partial charge in [0.2, 0.25) is 0 Å². The number of pyridine rings is 1. The molecule has 0 aliphatic rings. The fraction of sp³-hybridized carbons (Fsp3) is 0.286. The third-order valence-corrected chi connectivity index (χ3v) is 2.16. The molecule has 0 aliphatic carbocycles. The zero-order chi connectivity index (χ0) is 11.8. The number of alkyl halides is 5. The number of halogens is 6. The van der Waals surface area contributed by atoms with Crippen molar-refractivity contribution in [3.63, 3.8) is 0 Å². The Labute approximate surface area is 88.9 Å². The first-order valence-electron chi connectivity index (χ1n) is 3.48. The Morgan fingerprint density at radius 3 is 2.27 bits per heavy atom. The van der Waals surface area contributed by atoms with Crippen molar-refractivity contribution in [2.45, 2.75) is 12.6 Å². The summed E-state index contributed by atoms with van der Waals surface area (Å²) >= 11 is 2.58. The van der Waals surface area contributed by atoms with Gasteiger partial charge in [-0.1, -0.05) is 0 Å². The summed E-state index contributed by atoms with van der Waals surface area (Å²) in [5.41, 5.74) is -2.83. The number of aromatic hydroxyl groups is 1. The lowest BCUT2D eigenvalue weighted by Crippen LogP contribution is -2.09. The van der Waals surface area contributed by atoms with Crippen molar-refractivity contribution < 1.29 is 27.1 Å². The molecule has 1 N–H and O–H groups in total. The van der Waals surface area contributed by atoms with Crippen molar-refractivity contribution in [2.75, 3.05) is 0 Å². The van der Waals surface area contributed by atoms with Crippen molar-refractivity contribution in [2.24, 2.45) is 0 Å². The molecular weight excluding hydrogens is 289 g/mol. The van der Waals surface area contributed by atoms with E-state index in [9.17, 15) is 22.0 Å². The Hall–Kier alpha value is -0.920. The van der Waals surface area contributed by atoms with Crippen LogP contribution in [0.25, 0.3) is 0 Å². The quantitative estimate of drug-likeness (QED) is 0.803. The molecule has 84 valence electrons. The van der Waals surface area contributed by atoms with Gasteiger partial charge in [-0.05, 0) is 15.9 Å². The maximum absolute atomic E-state index is 12.3. The lowest BCUT2D eigenvalue weighted by Gasteiger charge is -2.12. The molecule has 0 fully saturated rings. The van der Waals surface area contributed by atoms with E-state index in [2.05, 4.69) is 20.9 Å². The van der Waals surface area contributed by atoms with Gasteiger partial charge in [-0.15, -0.1) is 0 Å². The fourth-order valence-electron chi connectivity index (χ4n) is 0.908. The van der Waals surface area contributed by atoms with Crippen LogP contribution in [-0.4, -0.2) is 10.1 Å². The molecule has 0 amide bonds. The minimum absolute atomic E-state index is 0.372. The topological polar surface area (TPSA) is 33.1 Å². The molecule has 0 aliphatic heterocycles. The lowest BCUT2D eigenvalue weighted by molar-refractivity contribution is -0.142. The van der Waals surface area contributed by atoms with Crippen molar-refractivity contribution in [1.82, 2.24) is 4.98 Å². The van der Waals surface area contributed by atoms with Crippen LogP contribution >= 0.6 is 15.9 Å². The average molecular weight is 292 g/mol. The van der Waals surface area contributed by atoms with E-state index < -0.39 is 29.6 Å². The van der Waals surface area contributed by atoms with Crippen LogP contribution in [0.15, 0.2) is 10.7 Å². The van der Waals surface area contributed by atoms with Gasteiger partial charge in [-0.2, -0.15) is 13.2 Å². The lowest BCUT2D eigenvalue weighted by atomic mass is 10.2. The van der Waals surface area contributed by atoms with Gasteiger partial charge in [-0.3, -0.25) is 0 Å². The number of hydrogen-bond donors (Lipinski definition) is 1. The predicted molar refractivity (Wildman–Crippen MR) is 43.6 cm³/mol. The van der Waals surface area contributed by atoms with Gasteiger partial charge in [-0.25, -0.2) is 13.8 Å². The zero-order valence-corrected chi connectivity index (χ0v) is 8.40. The maximum atomic E-state index is 12.3. The van der Waals surface area contributed by atoms with Crippen LogP contribution in [0.1, 0.15) is 17.7 Å². The van der Waals surface area contributed by atoms with Crippen molar-refractivity contribution in [1.29, 1.82) is 0 Å². The molecule has 0 aromatic carbocycles. The molecule has 0 atom stereocenters. The minimum atomic E-state index is -4.96. The largest absolute Gasteiger partial charge is 0.505 e. The fourth-order valence-corrected chi connectivity index (χ4v) is 1.37. The van der Waals surface area contributed by atoms with Crippen LogP contribution in [0.4, 0.5) is 22.0 Å². The highest BCUT2D eigenvalue weighted by molar-refractivity contribution is 9.10. The standard InChI is InChI=1S/C7H3BrF5NO/c8-2-1-14-5(7(11,12)13)4(15)3(2)6(9)10/h1,6,15H. The van der Waals surface area contributed by atoms with Crippen LogP contribution < -0.4 is 0 Å². The summed E-state index contributed by atoms with van der Waals surface area (Å²) in [5.74, 6) is -1.55. The molecule has 1 aromatic rings. The second-order valence-electron chi connectivity index (χ2n) is 2.52. The SMILES string of the molecule is Oc1c(C(F)(F)F)ncc(Br)c1C(F)F. The molecule has 1 rings (SSSR count). The van der Waals surface area contributed by atoms with Crippen LogP contribution in [0.5, 0.6) is 5.75 Å². The summed E-state index contributed by atoms with van der Waals surface area (Å²) in [4.78, 5) is 2.84. The van der Waals surface area contributed by atoms with Gasteiger partial charge in [0.05, 0.1) is 5.56 Å². The van der Waals surface area contributed by atoms with Crippen LogP contribution in [0.2, 0.25) is 0 Å². The molecule has 0 bridgehead atoms. The summed E-state index contributed by atoms with van der Waals surface area (Å²) in [7, 11) is 0. The summed E-state index contributed by atoms with van der Waals surface area (Å²) < 4.78 is 60.6. The Balaban J connectivity index is 3.42. The van der Waals surface area contributed by atoms with Crippen LogP contribution in [-0.2, 0) is 6.18 Å². The first kappa shape index (κ1) is 12.2. The Kier molecular flexibility index (Phi) is 3.17. The predicted octanol–water partition coefficient (Wildman–Crippen LogP) is 3.51. The number of aromatic nitrogens is 1. The van der Waals surface area contributed by atoms with Gasteiger partial charge >= 0.3 is 6.18 Å². The highest BCUT2D eigenvalue weighted by Gasteiger charge is 2.38. The van der Waals surface area contributed by atoms with Crippen molar-refractivity contribution >= 4 is 15.9 Å². The molecule has 8 heteroatoms. The van der Waals surface area contributed by atoms with Crippen molar-refractivity contribution in [3.05, 3.63) is 21.9 Å². The normalized spacial score (nSPS) is 12.2. The zero-order valence-electron chi connectivity index (χ0n) is 6.82. The van der Waals surface area contributed by atoms with Gasteiger partial charge in [0, 0.05) is 10.7 Å². The van der Waals surface area contributed by atoms with E-state index in [1.54, 1.807) is 0 Å². The molecule has 15 heavy (non-hydrogen) atoms. The van der Waals surface area contributed by atoms with Crippen LogP contribution in [0, 0.1) is 0 Å². The molecule has 2 nitrogen and oxygen atoms in total. The van der Waals surface area contributed by atoms with Crippen LogP contribution in [0.3, 0.4) is 0 Å². The van der Waals surface area contributed by atoms with E-state index in [-0.39, 0.29) is 4.47 Å². The van der Waals surface area contributed by atoms with Gasteiger partial charge in [0.15, 0.2) is 11.4 Å². The Bertz CT molecular complexity index is 378. The molecule has 0 saturated carbocycles. The number of nitrogens with zero attached hydrogens (tertiary/aromatic N) is 1. The summed E-state index contributed by atoms with van der Waals surface area (Å²) in [6, 6.07) is 0. The molecule has 1 heterocycles. The molecule has 1 aromatic heterocycles. The maximum Gasteiger partial charge on any atom is 0.437 e. The first-order chi connectivity index (χ1) is 6.75. The van der Waals surface area contributed by atoms with E-state index in [0.29, 0.717) is 6.20 Å². The van der Waals surface area contributed by atoms with E-state index in [1.165, 1.54) is 0 Å². The third kappa shape index (κ3) is 2.36. The third-order valence-electron chi connectivity index (χ3n) is 1.53. The molecular formula is C7H3BrF5NO. The first-order valence-corrected chi connectivity index (χ1v) is 4.27. The highest BCUT2D eigenvalue weighted by atomic mass is 79.9. The summed E-state index contributed by atoms with van der Waals surface area (Å²) in [5, 5.41) is 8.98. The van der Waals surface area contributed by atoms with Gasteiger partial charge < -0.3 is 5.11 Å². The second kappa shape index (κ2) is 3.92. The monoisotopic (exact) mass is 291 g/mol. The van der Waals surface area contributed by atoms with E-state index in [1.807, 2.05) is 0 Å². The number of hydrogen-bond acceptors (Lipinski definition) is 2. The Morgan fingerprint density at radius 1 is 1.33 bits per heavy atom. The number of rotatable bonds is 1. The second-order valence-corrected chi connectivity index (χ2v) is 3.37. The van der Waals surface area contributed by atoms with E-state index in [0.717, 1.165) is 0 Å². The molecule has 0 radical (unpaired) electrons. The van der Waals surface area contributed by atoms with E-state index >= 15 is 0 Å². The average Bonchev–Trinajstić information content (AvgIpc) is 2.00. The van der Waals surface area contributed by atoms with Gasteiger partial charge in [0.25, 0.3) is 6.43 Å². The summed E-state index contributed by atoms with van der Waals surface area (Å²) in [6.45, 7) is 0. The summed E-state index contributed by atoms with van der Waals surface area (Å²) in [6.07, 6.45) is -7.61. The van der Waals surface area contributed by atoms with E-state index in [4.69, 9.17) is 5.11 Å². The van der Waals surface area contributed by atoms with Crippen molar-refractivity contribution in [3.8, 4) is 5.75 Å².